The molecule has 0 spiro atoms. The summed E-state index contributed by atoms with van der Waals surface area (Å²) in [6, 6.07) is 0. The highest BCUT2D eigenvalue weighted by molar-refractivity contribution is 5.77. The molecule has 0 aliphatic carbocycles. The van der Waals surface area contributed by atoms with Gasteiger partial charge in [-0.25, -0.2) is 0 Å². The number of terminal acetylenes is 1. The molecule has 0 aromatic rings. The maximum atomic E-state index is 10.9. The number of hydrogen-bond donors (Lipinski definition) is 2. The van der Waals surface area contributed by atoms with Gasteiger partial charge >= 0.3 is 0 Å². The number of amides is 1. The van der Waals surface area contributed by atoms with Gasteiger partial charge in [-0.3, -0.25) is 10.1 Å². The lowest BCUT2D eigenvalue weighted by atomic mass is 10.4. The summed E-state index contributed by atoms with van der Waals surface area (Å²) in [4.78, 5) is 10.9. The summed E-state index contributed by atoms with van der Waals surface area (Å²) in [7, 11) is 0. The average Bonchev–Trinajstić information content (AvgIpc) is 2.06. The zero-order valence-corrected chi connectivity index (χ0v) is 7.10. The van der Waals surface area contributed by atoms with Crippen LogP contribution in [0.2, 0.25) is 0 Å². The number of carbonyl (C=O) groups is 1. The van der Waals surface area contributed by atoms with Gasteiger partial charge in [0.2, 0.25) is 5.91 Å². The number of hydrogen-bond acceptors (Lipinski definition) is 2. The molecule has 0 bridgehead atoms. The first kappa shape index (κ1) is 10.7. The second-order valence-corrected chi connectivity index (χ2v) is 2.23. The van der Waals surface area contributed by atoms with Crippen molar-refractivity contribution in [2.75, 3.05) is 19.6 Å². The molecule has 0 aromatic heterocycles. The normalized spacial score (nSPS) is 8.58. The molecule has 3 heteroatoms. The topological polar surface area (TPSA) is 41.1 Å². The van der Waals surface area contributed by atoms with E-state index in [-0.39, 0.29) is 12.5 Å². The molecule has 0 fully saturated rings. The van der Waals surface area contributed by atoms with E-state index in [4.69, 9.17) is 6.42 Å². The standard InChI is InChI=1S/C9H14N2O/c1-3-5-7-11-9(12)8-10-6-4-2/h2-3,10H,1,5-8H2,(H,11,12). The predicted octanol–water partition coefficient (Wildman–Crippen LogP) is -0.0985. The van der Waals surface area contributed by atoms with Crippen molar-refractivity contribution in [1.29, 1.82) is 0 Å². The van der Waals surface area contributed by atoms with Crippen molar-refractivity contribution in [1.82, 2.24) is 10.6 Å². The Morgan fingerprint density at radius 3 is 3.00 bits per heavy atom. The number of carbonyl (C=O) groups excluding carboxylic acids is 1. The third-order valence-corrected chi connectivity index (χ3v) is 1.18. The summed E-state index contributed by atoms with van der Waals surface area (Å²) in [6.07, 6.45) is 7.53. The molecule has 2 N–H and O–H groups in total. The van der Waals surface area contributed by atoms with E-state index in [1.165, 1.54) is 0 Å². The molecule has 0 aromatic carbocycles. The van der Waals surface area contributed by atoms with Crippen LogP contribution < -0.4 is 10.6 Å². The average molecular weight is 166 g/mol. The Morgan fingerprint density at radius 2 is 2.42 bits per heavy atom. The summed E-state index contributed by atoms with van der Waals surface area (Å²) < 4.78 is 0. The Balaban J connectivity index is 3.22. The molecular weight excluding hydrogens is 152 g/mol. The van der Waals surface area contributed by atoms with Gasteiger partial charge in [0.25, 0.3) is 0 Å². The fraction of sp³-hybridized carbons (Fsp3) is 0.444. The van der Waals surface area contributed by atoms with E-state index in [9.17, 15) is 4.79 Å². The molecule has 0 saturated heterocycles. The zero-order valence-electron chi connectivity index (χ0n) is 7.10. The molecule has 12 heavy (non-hydrogen) atoms. The maximum Gasteiger partial charge on any atom is 0.233 e. The monoisotopic (exact) mass is 166 g/mol. The van der Waals surface area contributed by atoms with Crippen LogP contribution in [0.15, 0.2) is 12.7 Å². The van der Waals surface area contributed by atoms with E-state index in [0.29, 0.717) is 13.1 Å². The zero-order chi connectivity index (χ0) is 9.23. The Bertz CT molecular complexity index is 181. The molecule has 0 unspecified atom stereocenters. The smallest absolute Gasteiger partial charge is 0.233 e. The van der Waals surface area contributed by atoms with E-state index in [1.807, 2.05) is 0 Å². The van der Waals surface area contributed by atoms with Crippen LogP contribution >= 0.6 is 0 Å². The highest BCUT2D eigenvalue weighted by Gasteiger charge is 1.96. The van der Waals surface area contributed by atoms with Crippen LogP contribution in [0.25, 0.3) is 0 Å². The highest BCUT2D eigenvalue weighted by atomic mass is 16.1. The molecule has 0 heterocycles. The van der Waals surface area contributed by atoms with Crippen LogP contribution in [0.4, 0.5) is 0 Å². The van der Waals surface area contributed by atoms with E-state index < -0.39 is 0 Å². The van der Waals surface area contributed by atoms with E-state index in [2.05, 4.69) is 23.1 Å². The molecule has 1 amide bonds. The summed E-state index contributed by atoms with van der Waals surface area (Å²) >= 11 is 0. The minimum atomic E-state index is -0.0351. The van der Waals surface area contributed by atoms with Gasteiger partial charge in [0, 0.05) is 6.54 Å². The van der Waals surface area contributed by atoms with Crippen molar-refractivity contribution in [2.24, 2.45) is 0 Å². The molecular formula is C9H14N2O. The lowest BCUT2D eigenvalue weighted by molar-refractivity contribution is -0.120. The van der Waals surface area contributed by atoms with Gasteiger partial charge < -0.3 is 5.32 Å². The van der Waals surface area contributed by atoms with Crippen LogP contribution in [-0.4, -0.2) is 25.5 Å². The van der Waals surface area contributed by atoms with Crippen LogP contribution in [0.5, 0.6) is 0 Å². The quantitative estimate of drug-likeness (QED) is 0.329. The minimum absolute atomic E-state index is 0.0351. The van der Waals surface area contributed by atoms with Gasteiger partial charge in [-0.2, -0.15) is 0 Å². The van der Waals surface area contributed by atoms with Crippen LogP contribution in [0.1, 0.15) is 6.42 Å². The first-order valence-electron chi connectivity index (χ1n) is 3.83. The molecule has 3 nitrogen and oxygen atoms in total. The van der Waals surface area contributed by atoms with Gasteiger partial charge in [0.1, 0.15) is 0 Å². The SMILES string of the molecule is C#CCNCC(=O)NCCC=C. The molecule has 0 atom stereocenters. The van der Waals surface area contributed by atoms with Crippen molar-refractivity contribution in [3.63, 3.8) is 0 Å². The Morgan fingerprint density at radius 1 is 1.67 bits per heavy atom. The van der Waals surface area contributed by atoms with Crippen molar-refractivity contribution in [2.45, 2.75) is 6.42 Å². The third-order valence-electron chi connectivity index (χ3n) is 1.18. The van der Waals surface area contributed by atoms with Crippen molar-refractivity contribution in [3.8, 4) is 12.3 Å². The van der Waals surface area contributed by atoms with Gasteiger partial charge in [0.05, 0.1) is 13.1 Å². The lowest BCUT2D eigenvalue weighted by Crippen LogP contribution is -2.34. The summed E-state index contributed by atoms with van der Waals surface area (Å²) in [5, 5.41) is 5.49. The van der Waals surface area contributed by atoms with Crippen LogP contribution in [-0.2, 0) is 4.79 Å². The largest absolute Gasteiger partial charge is 0.355 e. The first-order valence-corrected chi connectivity index (χ1v) is 3.83. The van der Waals surface area contributed by atoms with Crippen LogP contribution in [0, 0.1) is 12.3 Å². The Kier molecular flexibility index (Phi) is 7.00. The van der Waals surface area contributed by atoms with Gasteiger partial charge in [-0.15, -0.1) is 13.0 Å². The number of nitrogens with one attached hydrogen (secondary N) is 2. The number of rotatable bonds is 6. The molecule has 66 valence electrons. The lowest BCUT2D eigenvalue weighted by Gasteiger charge is -2.02. The van der Waals surface area contributed by atoms with Gasteiger partial charge in [-0.05, 0) is 6.42 Å². The van der Waals surface area contributed by atoms with Gasteiger partial charge in [0.15, 0.2) is 0 Å². The van der Waals surface area contributed by atoms with E-state index in [1.54, 1.807) is 6.08 Å². The molecule has 0 saturated carbocycles. The summed E-state index contributed by atoms with van der Waals surface area (Å²) in [6.45, 7) is 4.88. The fourth-order valence-corrected chi connectivity index (χ4v) is 0.624. The Hall–Kier alpha value is -1.27. The second-order valence-electron chi connectivity index (χ2n) is 2.23. The van der Waals surface area contributed by atoms with Crippen molar-refractivity contribution >= 4 is 5.91 Å². The summed E-state index contributed by atoms with van der Waals surface area (Å²) in [5.41, 5.74) is 0. The first-order chi connectivity index (χ1) is 5.81. The minimum Gasteiger partial charge on any atom is -0.355 e. The molecule has 0 aliphatic rings. The highest BCUT2D eigenvalue weighted by Crippen LogP contribution is 1.74. The third kappa shape index (κ3) is 6.84. The van der Waals surface area contributed by atoms with E-state index in [0.717, 1.165) is 6.42 Å². The Labute approximate surface area is 73.2 Å². The molecule has 0 rings (SSSR count). The van der Waals surface area contributed by atoms with Crippen LogP contribution in [0.3, 0.4) is 0 Å². The summed E-state index contributed by atoms with van der Waals surface area (Å²) in [5.74, 6) is 2.35. The van der Waals surface area contributed by atoms with Crippen molar-refractivity contribution in [3.05, 3.63) is 12.7 Å². The maximum absolute atomic E-state index is 10.9. The van der Waals surface area contributed by atoms with Gasteiger partial charge in [-0.1, -0.05) is 12.0 Å². The molecule has 0 aliphatic heterocycles. The predicted molar refractivity (Wildman–Crippen MR) is 49.5 cm³/mol. The molecule has 0 radical (unpaired) electrons. The van der Waals surface area contributed by atoms with Crippen molar-refractivity contribution < 1.29 is 4.79 Å². The van der Waals surface area contributed by atoms with E-state index >= 15 is 0 Å². The fourth-order valence-electron chi connectivity index (χ4n) is 0.624. The second kappa shape index (κ2) is 7.83.